The first-order valence-electron chi connectivity index (χ1n) is 16.3. The number of nitrogens with zero attached hydrogens (tertiary/aromatic N) is 3. The first kappa shape index (κ1) is 37.6. The highest BCUT2D eigenvalue weighted by Gasteiger charge is 2.57. The zero-order valence-corrected chi connectivity index (χ0v) is 30.3. The minimum Gasteiger partial charge on any atom is -0.400 e. The molecule has 1 aromatic heterocycles. The summed E-state index contributed by atoms with van der Waals surface area (Å²) in [6.45, 7) is 6.11. The van der Waals surface area contributed by atoms with Crippen LogP contribution in [0.4, 0.5) is 16.3 Å². The molecule has 0 saturated carbocycles. The maximum Gasteiger partial charge on any atom is 0.412 e. The summed E-state index contributed by atoms with van der Waals surface area (Å²) in [4.78, 5) is 53.8. The number of aromatic amines is 1. The highest BCUT2D eigenvalue weighted by atomic mass is 35.5. The number of carbonyl (C=O) groups is 3. The second kappa shape index (κ2) is 17.0. The predicted molar refractivity (Wildman–Crippen MR) is 191 cm³/mol. The Bertz CT molecular complexity index is 1640. The molecule has 3 aromatic rings. The van der Waals surface area contributed by atoms with Crippen LogP contribution in [0.15, 0.2) is 47.3 Å². The predicted octanol–water partition coefficient (Wildman–Crippen LogP) is 9.19. The Kier molecular flexibility index (Phi) is 13.3. The second-order valence-corrected chi connectivity index (χ2v) is 13.7. The number of hydrogen-bond donors (Lipinski definition) is 2. The maximum absolute atomic E-state index is 14.6. The number of amides is 3. The lowest BCUT2D eigenvalue weighted by atomic mass is 9.82. The van der Waals surface area contributed by atoms with Crippen LogP contribution >= 0.6 is 46.4 Å². The van der Waals surface area contributed by atoms with Gasteiger partial charge in [-0.2, -0.15) is 5.01 Å². The molecule has 0 radical (unpaired) electrons. The van der Waals surface area contributed by atoms with Gasteiger partial charge in [-0.3, -0.25) is 19.5 Å². The van der Waals surface area contributed by atoms with Crippen molar-refractivity contribution in [1.82, 2.24) is 20.1 Å². The quantitative estimate of drug-likeness (QED) is 0.0860. The van der Waals surface area contributed by atoms with Crippen LogP contribution in [0.5, 0.6) is 5.75 Å². The van der Waals surface area contributed by atoms with Gasteiger partial charge in [-0.05, 0) is 49.9 Å². The average Bonchev–Trinajstić information content (AvgIpc) is 3.46. The zero-order valence-electron chi connectivity index (χ0n) is 27.3. The van der Waals surface area contributed by atoms with Gasteiger partial charge in [0.15, 0.2) is 5.82 Å². The monoisotopic (exact) mass is 739 g/mol. The van der Waals surface area contributed by atoms with Crippen molar-refractivity contribution in [2.45, 2.75) is 89.9 Å². The molecule has 0 aliphatic carbocycles. The van der Waals surface area contributed by atoms with E-state index in [9.17, 15) is 19.2 Å². The number of imide groups is 1. The molecule has 1 aliphatic rings. The highest BCUT2D eigenvalue weighted by Crippen LogP contribution is 2.46. The van der Waals surface area contributed by atoms with Gasteiger partial charge in [-0.1, -0.05) is 112 Å². The Morgan fingerprint density at radius 1 is 0.958 bits per heavy atom. The Morgan fingerprint density at radius 3 is 2.21 bits per heavy atom. The lowest BCUT2D eigenvalue weighted by molar-refractivity contribution is -0.139. The number of alkyl halides is 1. The fourth-order valence-corrected chi connectivity index (χ4v) is 7.36. The maximum atomic E-state index is 14.6. The first-order valence-corrected chi connectivity index (χ1v) is 17.9. The van der Waals surface area contributed by atoms with E-state index in [0.717, 1.165) is 54.6 Å². The van der Waals surface area contributed by atoms with Gasteiger partial charge in [-0.15, -0.1) is 11.6 Å². The second-order valence-electron chi connectivity index (χ2n) is 11.8. The third-order valence-electron chi connectivity index (χ3n) is 8.37. The summed E-state index contributed by atoms with van der Waals surface area (Å²) < 4.78 is 6.51. The summed E-state index contributed by atoms with van der Waals surface area (Å²) in [5, 5.41) is 7.81. The summed E-state index contributed by atoms with van der Waals surface area (Å²) in [6, 6.07) is 11.2. The van der Waals surface area contributed by atoms with Crippen LogP contribution in [0.2, 0.25) is 15.1 Å². The van der Waals surface area contributed by atoms with Crippen LogP contribution in [0, 0.1) is 5.92 Å². The van der Waals surface area contributed by atoms with E-state index in [4.69, 9.17) is 51.1 Å². The van der Waals surface area contributed by atoms with Gasteiger partial charge in [0, 0.05) is 11.6 Å². The van der Waals surface area contributed by atoms with E-state index in [-0.39, 0.29) is 45.5 Å². The Balaban J connectivity index is 1.88. The molecule has 260 valence electrons. The van der Waals surface area contributed by atoms with Gasteiger partial charge < -0.3 is 10.1 Å². The van der Waals surface area contributed by atoms with E-state index < -0.39 is 34.1 Å². The Morgan fingerprint density at radius 2 is 1.58 bits per heavy atom. The van der Waals surface area contributed by atoms with Gasteiger partial charge in [0.2, 0.25) is 5.75 Å². The molecule has 2 aromatic carbocycles. The largest absolute Gasteiger partial charge is 0.412 e. The Labute approximate surface area is 300 Å². The normalized spacial score (nSPS) is 16.8. The van der Waals surface area contributed by atoms with Gasteiger partial charge in [0.05, 0.1) is 22.2 Å². The number of hydrazine groups is 1. The number of hydrogen-bond acceptors (Lipinski definition) is 6. The van der Waals surface area contributed by atoms with Crippen LogP contribution in [-0.2, 0) is 9.59 Å². The molecule has 2 heterocycles. The number of rotatable bonds is 16. The number of aromatic nitrogens is 2. The molecule has 10 nitrogen and oxygen atoms in total. The van der Waals surface area contributed by atoms with Gasteiger partial charge in [-0.25, -0.2) is 14.5 Å². The topological polar surface area (TPSA) is 117 Å². The average molecular weight is 742 g/mol. The van der Waals surface area contributed by atoms with Gasteiger partial charge >= 0.3 is 11.7 Å². The molecule has 1 fully saturated rings. The lowest BCUT2D eigenvalue weighted by Crippen LogP contribution is -2.49. The van der Waals surface area contributed by atoms with E-state index >= 15 is 0 Å². The minimum absolute atomic E-state index is 0.0150. The number of para-hydroxylation sites is 1. The Hall–Kier alpha value is -3.18. The van der Waals surface area contributed by atoms with Crippen LogP contribution in [0.1, 0.15) is 85.0 Å². The molecule has 1 aliphatic heterocycles. The number of carbonyl (C=O) groups excluding carboxylic acids is 3. The van der Waals surface area contributed by atoms with E-state index in [0.29, 0.717) is 18.5 Å². The first-order chi connectivity index (χ1) is 23.0. The molecule has 3 amide bonds. The molecule has 2 N–H and O–H groups in total. The summed E-state index contributed by atoms with van der Waals surface area (Å²) in [7, 11) is 0. The number of unbranched alkanes of at least 4 members (excludes halogenated alkanes) is 5. The van der Waals surface area contributed by atoms with E-state index in [2.05, 4.69) is 24.3 Å². The smallest absolute Gasteiger partial charge is 0.400 e. The number of halogens is 4. The van der Waals surface area contributed by atoms with Crippen molar-refractivity contribution in [2.75, 3.05) is 11.6 Å². The van der Waals surface area contributed by atoms with E-state index in [1.165, 1.54) is 17.1 Å². The number of anilines is 2. The van der Waals surface area contributed by atoms with E-state index in [1.807, 2.05) is 0 Å². The zero-order chi connectivity index (χ0) is 35.0. The van der Waals surface area contributed by atoms with Crippen molar-refractivity contribution in [2.24, 2.45) is 5.92 Å². The van der Waals surface area contributed by atoms with Crippen molar-refractivity contribution in [3.8, 4) is 11.4 Å². The third kappa shape index (κ3) is 8.16. The number of H-pyrrole nitrogens is 1. The summed E-state index contributed by atoms with van der Waals surface area (Å²) in [6.07, 6.45) is 7.18. The molecule has 2 atom stereocenters. The van der Waals surface area contributed by atoms with Crippen LogP contribution in [-0.4, -0.2) is 44.1 Å². The fourth-order valence-electron chi connectivity index (χ4n) is 5.97. The summed E-state index contributed by atoms with van der Waals surface area (Å²) in [5.74, 6) is -2.19. The van der Waals surface area contributed by atoms with Gasteiger partial charge in [0.25, 0.3) is 11.8 Å². The standard InChI is InChI=1S/C34H41Cl4N5O5/c1-4-7-9-10-12-16-22(15-8-5-2)34(38)21-27(44)43(32(34)46)42(24-17-13-11-14-18-24)30-29(48-33(47)39-6-3)31(45)41(40-30)28-25(36)19-23(35)20-26(28)37/h11,13-14,17-20,22,40H,4-10,12,15-16,21H2,1-3H3,(H,39,47). The molecular weight excluding hydrogens is 700 g/mol. The lowest BCUT2D eigenvalue weighted by Gasteiger charge is -2.34. The van der Waals surface area contributed by atoms with Crippen molar-refractivity contribution < 1.29 is 19.1 Å². The van der Waals surface area contributed by atoms with Crippen LogP contribution < -0.4 is 20.6 Å². The van der Waals surface area contributed by atoms with Gasteiger partial charge in [0.1, 0.15) is 10.6 Å². The summed E-state index contributed by atoms with van der Waals surface area (Å²) in [5.41, 5.74) is -0.541. The van der Waals surface area contributed by atoms with Crippen molar-refractivity contribution >= 4 is 75.8 Å². The van der Waals surface area contributed by atoms with Crippen LogP contribution in [0.3, 0.4) is 0 Å². The molecule has 14 heteroatoms. The highest BCUT2D eigenvalue weighted by molar-refractivity contribution is 6.41. The molecule has 48 heavy (non-hydrogen) atoms. The van der Waals surface area contributed by atoms with E-state index in [1.54, 1.807) is 37.3 Å². The number of benzene rings is 2. The van der Waals surface area contributed by atoms with Crippen molar-refractivity contribution in [1.29, 1.82) is 0 Å². The number of ether oxygens (including phenoxy) is 1. The molecule has 2 unspecified atom stereocenters. The summed E-state index contributed by atoms with van der Waals surface area (Å²) >= 11 is 26.4. The van der Waals surface area contributed by atoms with Crippen LogP contribution in [0.25, 0.3) is 5.69 Å². The molecule has 4 rings (SSSR count). The van der Waals surface area contributed by atoms with Crippen molar-refractivity contribution in [3.05, 3.63) is 67.9 Å². The fraction of sp³-hybridized carbons (Fsp3) is 0.471. The molecule has 1 saturated heterocycles. The molecule has 0 bridgehead atoms. The third-order valence-corrected chi connectivity index (χ3v) is 9.76. The minimum atomic E-state index is -1.52. The van der Waals surface area contributed by atoms with Crippen molar-refractivity contribution in [3.63, 3.8) is 0 Å². The molecule has 0 spiro atoms. The number of nitrogens with one attached hydrogen (secondary N) is 2. The SMILES string of the molecule is CCCCCCCC(CCCC)C1(Cl)CC(=O)N(N(c2ccccc2)c2[nH]n(-c3c(Cl)cc(Cl)cc3Cl)c(=O)c2OC(=O)NCC)C1=O. The molecular formula is C34H41Cl4N5O5.